The number of nitrogens with zero attached hydrogens (tertiary/aromatic N) is 2. The van der Waals surface area contributed by atoms with Crippen molar-refractivity contribution in [2.75, 3.05) is 19.6 Å². The first-order valence-corrected chi connectivity index (χ1v) is 5.19. The molecule has 1 amide bonds. The predicted octanol–water partition coefficient (Wildman–Crippen LogP) is -0.305. The van der Waals surface area contributed by atoms with Gasteiger partial charge in [-0.2, -0.15) is 0 Å². The molecule has 0 saturated carbocycles. The monoisotopic (exact) mass is 219 g/mol. The molecular weight excluding hydrogens is 206 g/mol. The molecule has 1 atom stereocenters. The Balaban J connectivity index is 2.17. The summed E-state index contributed by atoms with van der Waals surface area (Å²) in [5.74, 6) is -0.0401. The van der Waals surface area contributed by atoms with Gasteiger partial charge < -0.3 is 10.2 Å². The summed E-state index contributed by atoms with van der Waals surface area (Å²) in [5.41, 5.74) is 0.593. The van der Waals surface area contributed by atoms with Gasteiger partial charge in [0.25, 0.3) is 0 Å². The molecule has 1 saturated heterocycles. The van der Waals surface area contributed by atoms with Crippen molar-refractivity contribution >= 4 is 12.2 Å². The fourth-order valence-corrected chi connectivity index (χ4v) is 1.80. The van der Waals surface area contributed by atoms with Crippen LogP contribution >= 0.6 is 0 Å². The number of piperazine rings is 1. The van der Waals surface area contributed by atoms with E-state index in [1.54, 1.807) is 29.4 Å². The second kappa shape index (κ2) is 4.85. The molecule has 1 unspecified atom stereocenters. The van der Waals surface area contributed by atoms with Gasteiger partial charge in [0.05, 0.1) is 0 Å². The molecule has 5 nitrogen and oxygen atoms in total. The Morgan fingerprint density at radius 1 is 1.50 bits per heavy atom. The number of ketones is 1. The lowest BCUT2D eigenvalue weighted by Crippen LogP contribution is -2.54. The first-order chi connectivity index (χ1) is 7.83. The zero-order valence-electron chi connectivity index (χ0n) is 8.80. The summed E-state index contributed by atoms with van der Waals surface area (Å²) in [7, 11) is 0. The maximum Gasteiger partial charge on any atom is 0.210 e. The lowest BCUT2D eigenvalue weighted by Gasteiger charge is -2.32. The van der Waals surface area contributed by atoms with Gasteiger partial charge in [0.15, 0.2) is 5.78 Å². The van der Waals surface area contributed by atoms with Crippen molar-refractivity contribution in [3.63, 3.8) is 0 Å². The molecule has 0 bridgehead atoms. The van der Waals surface area contributed by atoms with Gasteiger partial charge in [0.1, 0.15) is 6.04 Å². The summed E-state index contributed by atoms with van der Waals surface area (Å²) in [6, 6.07) is 2.94. The van der Waals surface area contributed by atoms with Crippen molar-refractivity contribution in [3.05, 3.63) is 30.1 Å². The SMILES string of the molecule is O=CN1CCNCC1C(=O)c1ccncc1. The predicted molar refractivity (Wildman–Crippen MR) is 58.0 cm³/mol. The van der Waals surface area contributed by atoms with Gasteiger partial charge in [0.2, 0.25) is 6.41 Å². The van der Waals surface area contributed by atoms with E-state index in [1.807, 2.05) is 0 Å². The minimum atomic E-state index is -0.395. The Kier molecular flexibility index (Phi) is 3.26. The largest absolute Gasteiger partial charge is 0.332 e. The average molecular weight is 219 g/mol. The second-order valence-corrected chi connectivity index (χ2v) is 3.66. The van der Waals surface area contributed by atoms with E-state index in [2.05, 4.69) is 10.3 Å². The van der Waals surface area contributed by atoms with E-state index in [1.165, 1.54) is 0 Å². The summed E-state index contributed by atoms with van der Waals surface area (Å²) in [6.07, 6.45) is 3.90. The van der Waals surface area contributed by atoms with Crippen LogP contribution in [-0.2, 0) is 4.79 Å². The van der Waals surface area contributed by atoms with Crippen LogP contribution in [0.3, 0.4) is 0 Å². The molecule has 16 heavy (non-hydrogen) atoms. The van der Waals surface area contributed by atoms with E-state index in [4.69, 9.17) is 0 Å². The molecule has 0 spiro atoms. The molecule has 1 N–H and O–H groups in total. The van der Waals surface area contributed by atoms with Crippen LogP contribution < -0.4 is 5.32 Å². The first-order valence-electron chi connectivity index (χ1n) is 5.19. The molecule has 1 aromatic heterocycles. The van der Waals surface area contributed by atoms with Crippen molar-refractivity contribution in [2.24, 2.45) is 0 Å². The smallest absolute Gasteiger partial charge is 0.210 e. The van der Waals surface area contributed by atoms with Gasteiger partial charge in [0, 0.05) is 37.6 Å². The van der Waals surface area contributed by atoms with Crippen LogP contribution in [0.4, 0.5) is 0 Å². The van der Waals surface area contributed by atoms with Gasteiger partial charge in [-0.25, -0.2) is 0 Å². The zero-order chi connectivity index (χ0) is 11.4. The van der Waals surface area contributed by atoms with E-state index < -0.39 is 6.04 Å². The first kappa shape index (κ1) is 10.8. The quantitative estimate of drug-likeness (QED) is 0.560. The molecule has 1 fully saturated rings. The lowest BCUT2D eigenvalue weighted by molar-refractivity contribution is -0.120. The van der Waals surface area contributed by atoms with E-state index in [0.717, 1.165) is 13.0 Å². The van der Waals surface area contributed by atoms with Crippen molar-refractivity contribution < 1.29 is 9.59 Å². The Hall–Kier alpha value is -1.75. The van der Waals surface area contributed by atoms with E-state index in [-0.39, 0.29) is 5.78 Å². The van der Waals surface area contributed by atoms with Crippen molar-refractivity contribution in [2.45, 2.75) is 6.04 Å². The third-order valence-electron chi connectivity index (χ3n) is 2.69. The van der Waals surface area contributed by atoms with Gasteiger partial charge in [-0.05, 0) is 12.1 Å². The molecule has 0 aliphatic carbocycles. The van der Waals surface area contributed by atoms with E-state index in [9.17, 15) is 9.59 Å². The van der Waals surface area contributed by atoms with Gasteiger partial charge >= 0.3 is 0 Å². The van der Waals surface area contributed by atoms with Crippen LogP contribution in [0.5, 0.6) is 0 Å². The number of nitrogens with one attached hydrogen (secondary N) is 1. The third kappa shape index (κ3) is 2.09. The Morgan fingerprint density at radius 3 is 2.94 bits per heavy atom. The third-order valence-corrected chi connectivity index (χ3v) is 2.69. The highest BCUT2D eigenvalue weighted by Crippen LogP contribution is 2.08. The van der Waals surface area contributed by atoms with Crippen LogP contribution in [0.25, 0.3) is 0 Å². The Labute approximate surface area is 93.5 Å². The number of carbonyl (C=O) groups excluding carboxylic acids is 2. The zero-order valence-corrected chi connectivity index (χ0v) is 8.80. The number of aromatic nitrogens is 1. The van der Waals surface area contributed by atoms with Crippen molar-refractivity contribution in [1.82, 2.24) is 15.2 Å². The van der Waals surface area contributed by atoms with Crippen LogP contribution in [0.15, 0.2) is 24.5 Å². The maximum atomic E-state index is 12.1. The summed E-state index contributed by atoms with van der Waals surface area (Å²) >= 11 is 0. The molecule has 0 radical (unpaired) electrons. The molecule has 5 heteroatoms. The van der Waals surface area contributed by atoms with Gasteiger partial charge in [-0.15, -0.1) is 0 Å². The summed E-state index contributed by atoms with van der Waals surface area (Å²) < 4.78 is 0. The Morgan fingerprint density at radius 2 is 2.25 bits per heavy atom. The molecule has 2 rings (SSSR count). The van der Waals surface area contributed by atoms with Gasteiger partial charge in [-0.1, -0.05) is 0 Å². The Bertz CT molecular complexity index is 380. The standard InChI is InChI=1S/C11H13N3O2/c15-8-14-6-5-13-7-10(14)11(16)9-1-3-12-4-2-9/h1-4,8,10,13H,5-7H2. The van der Waals surface area contributed by atoms with Crippen molar-refractivity contribution in [1.29, 1.82) is 0 Å². The van der Waals surface area contributed by atoms with Gasteiger partial charge in [-0.3, -0.25) is 14.6 Å². The number of amides is 1. The van der Waals surface area contributed by atoms with E-state index in [0.29, 0.717) is 18.7 Å². The second-order valence-electron chi connectivity index (χ2n) is 3.66. The number of hydrogen-bond donors (Lipinski definition) is 1. The molecule has 1 aliphatic heterocycles. The fraction of sp³-hybridized carbons (Fsp3) is 0.364. The van der Waals surface area contributed by atoms with Crippen LogP contribution in [-0.4, -0.2) is 47.8 Å². The highest BCUT2D eigenvalue weighted by Gasteiger charge is 2.27. The van der Waals surface area contributed by atoms with Crippen molar-refractivity contribution in [3.8, 4) is 0 Å². The minimum absolute atomic E-state index is 0.0401. The highest BCUT2D eigenvalue weighted by atomic mass is 16.1. The molecule has 1 aliphatic rings. The molecule has 2 heterocycles. The number of hydrogen-bond acceptors (Lipinski definition) is 4. The summed E-state index contributed by atoms with van der Waals surface area (Å²) in [5, 5.41) is 3.11. The van der Waals surface area contributed by atoms with Crippen LogP contribution in [0.1, 0.15) is 10.4 Å². The highest BCUT2D eigenvalue weighted by molar-refractivity contribution is 6.01. The molecular formula is C11H13N3O2. The normalized spacial score (nSPS) is 20.5. The maximum absolute atomic E-state index is 12.1. The topological polar surface area (TPSA) is 62.3 Å². The lowest BCUT2D eigenvalue weighted by atomic mass is 10.0. The van der Waals surface area contributed by atoms with Crippen LogP contribution in [0.2, 0.25) is 0 Å². The molecule has 0 aromatic carbocycles. The fourth-order valence-electron chi connectivity index (χ4n) is 1.80. The molecule has 1 aromatic rings. The average Bonchev–Trinajstić information content (AvgIpc) is 2.39. The minimum Gasteiger partial charge on any atom is -0.332 e. The molecule has 84 valence electrons. The number of Topliss-reactive ketones (excluding diaryl/α,β-unsaturated/α-hetero) is 1. The summed E-state index contributed by atoms with van der Waals surface area (Å²) in [4.78, 5) is 28.3. The number of pyridine rings is 1. The summed E-state index contributed by atoms with van der Waals surface area (Å²) in [6.45, 7) is 1.82. The number of carbonyl (C=O) groups is 2. The number of rotatable bonds is 3. The van der Waals surface area contributed by atoms with E-state index >= 15 is 0 Å². The van der Waals surface area contributed by atoms with Crippen LogP contribution in [0, 0.1) is 0 Å².